The van der Waals surface area contributed by atoms with Gasteiger partial charge in [0, 0.05) is 23.9 Å². The van der Waals surface area contributed by atoms with Gasteiger partial charge >= 0.3 is 0 Å². The minimum absolute atomic E-state index is 0.275. The number of hydrogen-bond donors (Lipinski definition) is 2. The van der Waals surface area contributed by atoms with Crippen LogP contribution in [0.25, 0.3) is 16.3 Å². The molecule has 0 amide bonds. The van der Waals surface area contributed by atoms with Gasteiger partial charge in [-0.3, -0.25) is 9.11 Å². The van der Waals surface area contributed by atoms with E-state index in [-0.39, 0.29) is 17.9 Å². The van der Waals surface area contributed by atoms with Gasteiger partial charge in [-0.25, -0.2) is 0 Å². The molecule has 13 heteroatoms. The van der Waals surface area contributed by atoms with Crippen LogP contribution < -0.4 is 14.2 Å². The number of rotatable bonds is 12. The number of ether oxygens (including phenoxy) is 1. The number of anilines is 1. The largest absolute Gasteiger partial charge is 0.494 e. The maximum absolute atomic E-state index is 11.5. The second-order valence-corrected chi connectivity index (χ2v) is 17.2. The summed E-state index contributed by atoms with van der Waals surface area (Å²) in [6.07, 6.45) is 6.82. The topological polar surface area (TPSA) is 125 Å². The van der Waals surface area contributed by atoms with Crippen molar-refractivity contribution in [2.75, 3.05) is 29.6 Å². The van der Waals surface area contributed by atoms with Gasteiger partial charge in [-0.2, -0.15) is 21.4 Å². The van der Waals surface area contributed by atoms with E-state index in [9.17, 15) is 25.9 Å². The molecule has 9 nitrogen and oxygen atoms in total. The number of hydrogen-bond acceptors (Lipinski definition) is 8. The van der Waals surface area contributed by atoms with Gasteiger partial charge in [0.25, 0.3) is 25.2 Å². The Morgan fingerprint density at radius 1 is 1.00 bits per heavy atom. The van der Waals surface area contributed by atoms with Gasteiger partial charge in [0.1, 0.15) is 10.4 Å². The van der Waals surface area contributed by atoms with E-state index in [4.69, 9.17) is 4.74 Å². The van der Waals surface area contributed by atoms with Crippen LogP contribution in [0.2, 0.25) is 0 Å². The second kappa shape index (κ2) is 14.2. The molecule has 2 aliphatic rings. The normalized spacial score (nSPS) is 19.1. The molecule has 0 saturated carbocycles. The molecule has 2 N–H and O–H groups in total. The third-order valence-corrected chi connectivity index (χ3v) is 12.0. The van der Waals surface area contributed by atoms with Gasteiger partial charge in [0.05, 0.1) is 34.9 Å². The summed E-state index contributed by atoms with van der Waals surface area (Å²) in [5.74, 6) is 0.530. The van der Waals surface area contributed by atoms with E-state index >= 15 is 0 Å². The Balaban J connectivity index is 1.53. The van der Waals surface area contributed by atoms with Gasteiger partial charge < -0.3 is 9.64 Å². The van der Waals surface area contributed by atoms with Crippen molar-refractivity contribution in [3.05, 3.63) is 74.8 Å². The zero-order valence-corrected chi connectivity index (χ0v) is 29.8. The lowest BCUT2D eigenvalue weighted by Gasteiger charge is -2.26. The molecule has 1 aromatic heterocycles. The Labute approximate surface area is 280 Å². The highest BCUT2D eigenvalue weighted by Gasteiger charge is 2.28. The average Bonchev–Trinajstić information content (AvgIpc) is 3.46. The van der Waals surface area contributed by atoms with Crippen molar-refractivity contribution in [2.24, 2.45) is 5.92 Å². The number of benzene rings is 2. The molecule has 46 heavy (non-hydrogen) atoms. The quantitative estimate of drug-likeness (QED) is 0.151. The highest BCUT2D eigenvalue weighted by Crippen LogP contribution is 2.48. The molecule has 1 atom stereocenters. The van der Waals surface area contributed by atoms with Crippen LogP contribution in [0.5, 0.6) is 5.75 Å². The van der Waals surface area contributed by atoms with Gasteiger partial charge in [0.2, 0.25) is 5.52 Å². The lowest BCUT2D eigenvalue weighted by atomic mass is 9.81. The van der Waals surface area contributed by atoms with E-state index in [1.54, 1.807) is 23.1 Å². The fraction of sp³-hybridized carbons (Fsp3) is 0.424. The van der Waals surface area contributed by atoms with E-state index in [2.05, 4.69) is 53.7 Å². The Morgan fingerprint density at radius 3 is 2.46 bits per heavy atom. The maximum atomic E-state index is 11.5. The highest BCUT2D eigenvalue weighted by molar-refractivity contribution is 8.03. The number of thiazole rings is 1. The zero-order chi connectivity index (χ0) is 33.2. The van der Waals surface area contributed by atoms with Crippen LogP contribution in [-0.2, 0) is 26.8 Å². The zero-order valence-electron chi connectivity index (χ0n) is 26.5. The molecule has 248 valence electrons. The van der Waals surface area contributed by atoms with Crippen LogP contribution in [-0.4, -0.2) is 50.6 Å². The molecule has 0 saturated heterocycles. The molecule has 1 aliphatic carbocycles. The highest BCUT2D eigenvalue weighted by atomic mass is 32.2. The first-order valence-electron chi connectivity index (χ1n) is 15.4. The number of nitrogens with zero attached hydrogens (tertiary/aromatic N) is 2. The van der Waals surface area contributed by atoms with Gasteiger partial charge in [0.15, 0.2) is 6.54 Å². The van der Waals surface area contributed by atoms with Crippen molar-refractivity contribution in [1.29, 1.82) is 0 Å². The summed E-state index contributed by atoms with van der Waals surface area (Å²) in [6, 6.07) is 12.3. The fourth-order valence-corrected chi connectivity index (χ4v) is 9.26. The molecule has 0 bridgehead atoms. The molecule has 0 fully saturated rings. The molecule has 0 radical (unpaired) electrons. The van der Waals surface area contributed by atoms with Crippen LogP contribution in [0.15, 0.2) is 69.1 Å². The van der Waals surface area contributed by atoms with E-state index in [0.29, 0.717) is 32.0 Å². The van der Waals surface area contributed by atoms with Crippen molar-refractivity contribution in [3.63, 3.8) is 0 Å². The lowest BCUT2D eigenvalue weighted by molar-refractivity contribution is -0.668. The standard InChI is InChI=1S/C33H40N2O7S4/c1-5-42-27-9-11-31-29(21-27)35(13-7-15-46(39,40)41)33(44-31)20-26-17-23(3)16-25(24(26)4)19-32-34(12-6-14-45(36,37)38)28-18-22(2)8-10-30(28)43-32/h8-11,18-21,23H,5-7,12-17H2,1-4H3,(H-,36,37,38,39,40,41)/p+1. The van der Waals surface area contributed by atoms with Crippen molar-refractivity contribution in [1.82, 2.24) is 0 Å². The van der Waals surface area contributed by atoms with Crippen LogP contribution >= 0.6 is 23.1 Å². The molecule has 5 rings (SSSR count). The Kier molecular flexibility index (Phi) is 10.7. The summed E-state index contributed by atoms with van der Waals surface area (Å²) < 4.78 is 73.5. The number of aromatic nitrogens is 1. The van der Waals surface area contributed by atoms with Crippen LogP contribution in [0.4, 0.5) is 5.69 Å². The number of fused-ring (bicyclic) bond motifs is 2. The van der Waals surface area contributed by atoms with Crippen LogP contribution in [0, 0.1) is 12.8 Å². The molecule has 2 aromatic carbocycles. The third kappa shape index (κ3) is 8.61. The summed E-state index contributed by atoms with van der Waals surface area (Å²) in [4.78, 5) is 3.27. The van der Waals surface area contributed by atoms with E-state index in [0.717, 1.165) is 55.0 Å². The Hall–Kier alpha value is -2.68. The molecule has 0 spiro atoms. The van der Waals surface area contributed by atoms with Crippen molar-refractivity contribution >= 4 is 65.3 Å². The smallest absolute Gasteiger partial charge is 0.265 e. The molecule has 1 unspecified atom stereocenters. The Morgan fingerprint density at radius 2 is 1.74 bits per heavy atom. The van der Waals surface area contributed by atoms with Crippen molar-refractivity contribution < 1.29 is 35.2 Å². The fourth-order valence-electron chi connectivity index (χ4n) is 6.00. The first-order valence-corrected chi connectivity index (χ1v) is 20.2. The lowest BCUT2D eigenvalue weighted by Crippen LogP contribution is -2.36. The predicted molar refractivity (Wildman–Crippen MR) is 187 cm³/mol. The first kappa shape index (κ1) is 34.6. The summed E-state index contributed by atoms with van der Waals surface area (Å²) >= 11 is 3.32. The summed E-state index contributed by atoms with van der Waals surface area (Å²) in [5.41, 5.74) is 6.74. The van der Waals surface area contributed by atoms with E-state index < -0.39 is 20.2 Å². The van der Waals surface area contributed by atoms with E-state index in [1.165, 1.54) is 16.7 Å². The molecule has 2 heterocycles. The Bertz CT molecular complexity index is 1940. The van der Waals surface area contributed by atoms with Crippen molar-refractivity contribution in [3.8, 4) is 5.75 Å². The molecule has 3 aromatic rings. The summed E-state index contributed by atoms with van der Waals surface area (Å²) in [5, 5.41) is 2.03. The second-order valence-electron chi connectivity index (χ2n) is 12.0. The average molecular weight is 706 g/mol. The predicted octanol–water partition coefficient (Wildman–Crippen LogP) is 7.04. The molecular formula is C33H41N2O7S4+. The van der Waals surface area contributed by atoms with Gasteiger partial charge in [-0.05, 0) is 98.6 Å². The third-order valence-electron chi connectivity index (χ3n) is 8.16. The SMILES string of the molecule is CCOc1ccc2sc(C=C3CC(C)CC(C=C4Sc5ccc(C)cc5N4CCCS(=O)(=O)O)=C3C)[n+](CCCS(=O)(=O)O)c2c1. The maximum Gasteiger partial charge on any atom is 0.265 e. The molecule has 1 aliphatic heterocycles. The monoisotopic (exact) mass is 705 g/mol. The first-order chi connectivity index (χ1) is 21.7. The van der Waals surface area contributed by atoms with Crippen LogP contribution in [0.1, 0.15) is 57.0 Å². The number of allylic oxidation sites excluding steroid dienone is 4. The summed E-state index contributed by atoms with van der Waals surface area (Å²) in [7, 11) is -8.13. The minimum Gasteiger partial charge on any atom is -0.494 e. The van der Waals surface area contributed by atoms with Gasteiger partial charge in [-0.15, -0.1) is 0 Å². The van der Waals surface area contributed by atoms with Crippen LogP contribution in [0.3, 0.4) is 0 Å². The molecular weight excluding hydrogens is 665 g/mol. The van der Waals surface area contributed by atoms with Crippen molar-refractivity contribution in [2.45, 2.75) is 64.8 Å². The minimum atomic E-state index is -4.07. The number of thioether (sulfide) groups is 1. The summed E-state index contributed by atoms with van der Waals surface area (Å²) in [6.45, 7) is 9.79. The number of aryl methyl sites for hydroxylation is 2. The van der Waals surface area contributed by atoms with Gasteiger partial charge in [-0.1, -0.05) is 36.1 Å². The van der Waals surface area contributed by atoms with E-state index in [1.807, 2.05) is 32.0 Å².